The number of hydrogen-bond donors (Lipinski definition) is 0. The Balaban J connectivity index is 1.78. The van der Waals surface area contributed by atoms with Crippen LogP contribution in [-0.4, -0.2) is 25.3 Å². The molecule has 0 aliphatic carbocycles. The molecule has 2 atom stereocenters. The van der Waals surface area contributed by atoms with Crippen molar-refractivity contribution in [1.82, 2.24) is 0 Å². The highest BCUT2D eigenvalue weighted by atomic mass is 16.6. The van der Waals surface area contributed by atoms with Crippen LogP contribution in [0.1, 0.15) is 96.8 Å². The van der Waals surface area contributed by atoms with Gasteiger partial charge < -0.3 is 9.47 Å². The molecule has 1 saturated heterocycles. The first-order valence-corrected chi connectivity index (χ1v) is 9.50. The highest BCUT2D eigenvalue weighted by Crippen LogP contribution is 2.31. The van der Waals surface area contributed by atoms with Crippen molar-refractivity contribution < 1.29 is 14.3 Å². The molecular weight excluding hydrogens is 276 g/mol. The minimum atomic E-state index is -0.0831. The number of carbonyl (C=O) groups excluding carboxylic acids is 1. The van der Waals surface area contributed by atoms with Crippen molar-refractivity contribution in [3.8, 4) is 0 Å². The summed E-state index contributed by atoms with van der Waals surface area (Å²) in [7, 11) is 1.46. The fraction of sp³-hybridized carbons (Fsp3) is 0.947. The summed E-state index contributed by atoms with van der Waals surface area (Å²) >= 11 is 0. The second-order valence-corrected chi connectivity index (χ2v) is 6.65. The van der Waals surface area contributed by atoms with Crippen LogP contribution in [0, 0.1) is 0 Å². The zero-order valence-corrected chi connectivity index (χ0v) is 14.8. The van der Waals surface area contributed by atoms with Crippen LogP contribution in [0.5, 0.6) is 0 Å². The Morgan fingerprint density at radius 1 is 0.818 bits per heavy atom. The molecule has 0 aromatic heterocycles. The quantitative estimate of drug-likeness (QED) is 0.230. The van der Waals surface area contributed by atoms with E-state index in [4.69, 9.17) is 4.74 Å². The summed E-state index contributed by atoms with van der Waals surface area (Å²) in [6.07, 6.45) is 18.3. The van der Waals surface area contributed by atoms with Crippen molar-refractivity contribution in [3.63, 3.8) is 0 Å². The third-order valence-corrected chi connectivity index (χ3v) is 4.63. The van der Waals surface area contributed by atoms with Gasteiger partial charge in [-0.15, -0.1) is 0 Å². The zero-order chi connectivity index (χ0) is 16.0. The molecule has 1 heterocycles. The van der Waals surface area contributed by atoms with E-state index in [0.29, 0.717) is 18.6 Å². The Hall–Kier alpha value is -0.570. The smallest absolute Gasteiger partial charge is 0.305 e. The second-order valence-electron chi connectivity index (χ2n) is 6.65. The molecule has 0 aromatic rings. The molecule has 0 radical (unpaired) electrons. The van der Waals surface area contributed by atoms with Gasteiger partial charge in [-0.25, -0.2) is 0 Å². The average molecular weight is 312 g/mol. The molecule has 22 heavy (non-hydrogen) atoms. The lowest BCUT2D eigenvalue weighted by Gasteiger charge is -2.01. The normalized spacial score (nSPS) is 20.1. The summed E-state index contributed by atoms with van der Waals surface area (Å²) in [4.78, 5) is 11.0. The third-order valence-electron chi connectivity index (χ3n) is 4.63. The van der Waals surface area contributed by atoms with Crippen LogP contribution in [-0.2, 0) is 14.3 Å². The molecule has 3 nitrogen and oxygen atoms in total. The predicted octanol–water partition coefficient (Wildman–Crippen LogP) is 5.41. The van der Waals surface area contributed by atoms with Gasteiger partial charge in [0.1, 0.15) is 0 Å². The Kier molecular flexibility index (Phi) is 11.4. The maximum Gasteiger partial charge on any atom is 0.305 e. The van der Waals surface area contributed by atoms with Gasteiger partial charge in [0.05, 0.1) is 19.3 Å². The molecule has 0 aromatic carbocycles. The van der Waals surface area contributed by atoms with E-state index in [0.717, 1.165) is 12.8 Å². The highest BCUT2D eigenvalue weighted by molar-refractivity contribution is 5.68. The Morgan fingerprint density at radius 2 is 1.32 bits per heavy atom. The van der Waals surface area contributed by atoms with Crippen molar-refractivity contribution in [2.75, 3.05) is 7.11 Å². The van der Waals surface area contributed by atoms with Crippen LogP contribution in [0.15, 0.2) is 0 Å². The lowest BCUT2D eigenvalue weighted by Crippen LogP contribution is -1.99. The lowest BCUT2D eigenvalue weighted by molar-refractivity contribution is -0.140. The standard InChI is InChI=1S/C19H36O3/c1-3-4-5-6-7-8-11-14-17-18(22-17)15-12-9-10-13-16-19(20)21-2/h17-18H,3-16H2,1-2H3. The molecule has 0 amide bonds. The van der Waals surface area contributed by atoms with Crippen molar-refractivity contribution in [2.45, 2.75) is 109 Å². The minimum absolute atomic E-state index is 0.0831. The first-order chi connectivity index (χ1) is 10.8. The fourth-order valence-electron chi connectivity index (χ4n) is 3.06. The molecule has 1 aliphatic heterocycles. The number of rotatable bonds is 15. The molecule has 0 N–H and O–H groups in total. The molecular formula is C19H36O3. The molecule has 2 unspecified atom stereocenters. The number of carbonyl (C=O) groups is 1. The monoisotopic (exact) mass is 312 g/mol. The maximum absolute atomic E-state index is 11.0. The van der Waals surface area contributed by atoms with Crippen molar-refractivity contribution in [2.24, 2.45) is 0 Å². The molecule has 130 valence electrons. The number of esters is 1. The van der Waals surface area contributed by atoms with Gasteiger partial charge in [-0.05, 0) is 19.3 Å². The van der Waals surface area contributed by atoms with Crippen LogP contribution in [0.3, 0.4) is 0 Å². The Labute approximate surface area is 137 Å². The van der Waals surface area contributed by atoms with E-state index in [1.807, 2.05) is 0 Å². The van der Waals surface area contributed by atoms with E-state index in [-0.39, 0.29) is 5.97 Å². The topological polar surface area (TPSA) is 38.8 Å². The van der Waals surface area contributed by atoms with Gasteiger partial charge >= 0.3 is 5.97 Å². The second kappa shape index (κ2) is 12.9. The largest absolute Gasteiger partial charge is 0.469 e. The van der Waals surface area contributed by atoms with Gasteiger partial charge in [-0.2, -0.15) is 0 Å². The molecule has 1 rings (SSSR count). The average Bonchev–Trinajstić information content (AvgIpc) is 3.28. The SMILES string of the molecule is CCCCCCCCCC1OC1CCCCCCC(=O)OC. The van der Waals surface area contributed by atoms with Crippen molar-refractivity contribution in [3.05, 3.63) is 0 Å². The van der Waals surface area contributed by atoms with E-state index < -0.39 is 0 Å². The van der Waals surface area contributed by atoms with Gasteiger partial charge in [0.25, 0.3) is 0 Å². The summed E-state index contributed by atoms with van der Waals surface area (Å²) in [6.45, 7) is 2.27. The fourth-order valence-corrected chi connectivity index (χ4v) is 3.06. The van der Waals surface area contributed by atoms with E-state index in [9.17, 15) is 4.79 Å². The molecule has 3 heteroatoms. The van der Waals surface area contributed by atoms with Crippen molar-refractivity contribution in [1.29, 1.82) is 0 Å². The van der Waals surface area contributed by atoms with Crippen LogP contribution in [0.4, 0.5) is 0 Å². The van der Waals surface area contributed by atoms with Crippen LogP contribution in [0.2, 0.25) is 0 Å². The highest BCUT2D eigenvalue weighted by Gasteiger charge is 2.36. The number of epoxide rings is 1. The molecule has 1 fully saturated rings. The Morgan fingerprint density at radius 3 is 1.86 bits per heavy atom. The number of ether oxygens (including phenoxy) is 2. The van der Waals surface area contributed by atoms with Gasteiger partial charge in [-0.3, -0.25) is 4.79 Å². The predicted molar refractivity (Wildman–Crippen MR) is 91.0 cm³/mol. The van der Waals surface area contributed by atoms with Crippen LogP contribution in [0.25, 0.3) is 0 Å². The van der Waals surface area contributed by atoms with E-state index in [1.54, 1.807) is 0 Å². The number of hydrogen-bond acceptors (Lipinski definition) is 3. The molecule has 0 spiro atoms. The summed E-state index contributed by atoms with van der Waals surface area (Å²) in [5.74, 6) is -0.0831. The lowest BCUT2D eigenvalue weighted by atomic mass is 10.0. The van der Waals surface area contributed by atoms with Crippen molar-refractivity contribution >= 4 is 5.97 Å². The minimum Gasteiger partial charge on any atom is -0.469 e. The van der Waals surface area contributed by atoms with Gasteiger partial charge in [-0.1, -0.05) is 71.1 Å². The molecule has 0 bridgehead atoms. The summed E-state index contributed by atoms with van der Waals surface area (Å²) < 4.78 is 10.4. The number of unbranched alkanes of at least 4 members (excludes halogenated alkanes) is 9. The van der Waals surface area contributed by atoms with Crippen LogP contribution < -0.4 is 0 Å². The van der Waals surface area contributed by atoms with Gasteiger partial charge in [0.2, 0.25) is 0 Å². The summed E-state index contributed by atoms with van der Waals surface area (Å²) in [5, 5.41) is 0. The number of methoxy groups -OCH3 is 1. The maximum atomic E-state index is 11.0. The third kappa shape index (κ3) is 10.2. The Bertz CT molecular complexity index is 278. The molecule has 0 saturated carbocycles. The molecule has 1 aliphatic rings. The van der Waals surface area contributed by atoms with E-state index in [1.165, 1.54) is 77.7 Å². The summed E-state index contributed by atoms with van der Waals surface area (Å²) in [5.41, 5.74) is 0. The van der Waals surface area contributed by atoms with E-state index in [2.05, 4.69) is 11.7 Å². The van der Waals surface area contributed by atoms with E-state index >= 15 is 0 Å². The first kappa shape index (κ1) is 19.5. The first-order valence-electron chi connectivity index (χ1n) is 9.50. The van der Waals surface area contributed by atoms with Gasteiger partial charge in [0, 0.05) is 6.42 Å². The van der Waals surface area contributed by atoms with Crippen LogP contribution >= 0.6 is 0 Å². The zero-order valence-electron chi connectivity index (χ0n) is 14.8. The summed E-state index contributed by atoms with van der Waals surface area (Å²) in [6, 6.07) is 0. The van der Waals surface area contributed by atoms with Gasteiger partial charge in [0.15, 0.2) is 0 Å².